The minimum Gasteiger partial charge on any atom is -0.488 e. The fourth-order valence-corrected chi connectivity index (χ4v) is 3.94. The molecule has 1 aromatic rings. The second-order valence-electron chi connectivity index (χ2n) is 7.09. The quantitative estimate of drug-likeness (QED) is 0.705. The van der Waals surface area contributed by atoms with E-state index in [0.717, 1.165) is 21.6 Å². The number of rotatable bonds is 5. The van der Waals surface area contributed by atoms with E-state index in [-0.39, 0.29) is 12.8 Å². The Morgan fingerprint density at radius 1 is 1.27 bits per heavy atom. The molecule has 3 aliphatic rings. The molecular formula is C20H19NO5. The molecule has 26 heavy (non-hydrogen) atoms. The number of fused-ring (bicyclic) bond motifs is 2. The smallest absolute Gasteiger partial charge is 0.324 e. The van der Waals surface area contributed by atoms with E-state index in [1.165, 1.54) is 0 Å². The number of nitrogens with two attached hydrogens (primary N) is 1. The summed E-state index contributed by atoms with van der Waals surface area (Å²) in [6.07, 6.45) is 7.24. The zero-order valence-electron chi connectivity index (χ0n) is 14.0. The van der Waals surface area contributed by atoms with Gasteiger partial charge < -0.3 is 20.7 Å². The Hall–Kier alpha value is -2.86. The van der Waals surface area contributed by atoms with E-state index in [1.54, 1.807) is 6.26 Å². The summed E-state index contributed by atoms with van der Waals surface area (Å²) in [4.78, 5) is 23.1. The number of hydrogen-bond donors (Lipinski definition) is 3. The van der Waals surface area contributed by atoms with Gasteiger partial charge in [0.1, 0.15) is 11.6 Å². The van der Waals surface area contributed by atoms with Gasteiger partial charge in [-0.2, -0.15) is 0 Å². The van der Waals surface area contributed by atoms with E-state index in [4.69, 9.17) is 15.6 Å². The zero-order chi connectivity index (χ0) is 18.5. The third kappa shape index (κ3) is 2.54. The van der Waals surface area contributed by atoms with Crippen LogP contribution >= 0.6 is 0 Å². The van der Waals surface area contributed by atoms with E-state index in [1.807, 2.05) is 42.5 Å². The van der Waals surface area contributed by atoms with Gasteiger partial charge in [0, 0.05) is 23.1 Å². The maximum atomic E-state index is 11.9. The standard InChI is InChI=1S/C20H19NO5/c21-20(19(24)25,16-8-15(16)18(22)23)9-11-5-3-7-14-13-6-2-1-4-12(13)10-26-17(11)14/h1-7,10,15-17H,8-9,21H2,(H,22,23)(H,24,25)/t15-,16-,17?,20?/m0/s1. The molecule has 1 heterocycles. The van der Waals surface area contributed by atoms with Gasteiger partial charge in [0.05, 0.1) is 12.2 Å². The third-order valence-corrected chi connectivity index (χ3v) is 5.47. The highest BCUT2D eigenvalue weighted by molar-refractivity contribution is 5.84. The lowest BCUT2D eigenvalue weighted by Crippen LogP contribution is -2.52. The predicted octanol–water partition coefficient (Wildman–Crippen LogP) is 0.363. The fraction of sp³-hybridized carbons (Fsp3) is 0.300. The highest BCUT2D eigenvalue weighted by atomic mass is 16.5. The number of carbonyl (C=O) groups is 2. The summed E-state index contributed by atoms with van der Waals surface area (Å²) < 4.78 is 5.87. The number of hydrogen-bond acceptors (Lipinski definition) is 4. The zero-order valence-corrected chi connectivity index (χ0v) is 14.0. The van der Waals surface area contributed by atoms with E-state index in [9.17, 15) is 14.7 Å². The molecule has 0 aromatic heterocycles. The van der Waals surface area contributed by atoms with Crippen molar-refractivity contribution < 1.29 is 24.5 Å². The Kier molecular flexibility index (Phi) is 3.73. The van der Waals surface area contributed by atoms with Crippen molar-refractivity contribution in [3.05, 3.63) is 58.5 Å². The van der Waals surface area contributed by atoms with Gasteiger partial charge in [-0.1, -0.05) is 42.5 Å². The lowest BCUT2D eigenvalue weighted by atomic mass is 9.80. The molecule has 1 aromatic carbocycles. The molecule has 1 aliphatic heterocycles. The number of carboxylic acid groups (broad SMARTS) is 2. The Morgan fingerprint density at radius 3 is 2.73 bits per heavy atom. The lowest BCUT2D eigenvalue weighted by molar-refractivity contribution is -0.145. The van der Waals surface area contributed by atoms with Gasteiger partial charge in [-0.3, -0.25) is 9.59 Å². The molecule has 4 atom stereocenters. The Morgan fingerprint density at radius 2 is 2.04 bits per heavy atom. The Labute approximate surface area is 149 Å². The first-order valence-electron chi connectivity index (χ1n) is 8.49. The topological polar surface area (TPSA) is 110 Å². The first-order valence-corrected chi connectivity index (χ1v) is 8.49. The maximum absolute atomic E-state index is 11.9. The van der Waals surface area contributed by atoms with Crippen molar-refractivity contribution in [2.75, 3.05) is 0 Å². The molecule has 1 fully saturated rings. The molecule has 4 N–H and O–H groups in total. The number of ether oxygens (including phenoxy) is 1. The summed E-state index contributed by atoms with van der Waals surface area (Å²) in [5.74, 6) is -3.44. The van der Waals surface area contributed by atoms with Crippen molar-refractivity contribution in [3.63, 3.8) is 0 Å². The van der Waals surface area contributed by atoms with Crippen LogP contribution in [0.15, 0.2) is 48.1 Å². The largest absolute Gasteiger partial charge is 0.488 e. The first kappa shape index (κ1) is 16.6. The number of aliphatic carboxylic acids is 2. The van der Waals surface area contributed by atoms with Crippen LogP contribution in [0.4, 0.5) is 0 Å². The van der Waals surface area contributed by atoms with E-state index < -0.39 is 35.4 Å². The third-order valence-electron chi connectivity index (χ3n) is 5.47. The number of benzene rings is 1. The van der Waals surface area contributed by atoms with Gasteiger partial charge in [0.15, 0.2) is 0 Å². The summed E-state index contributed by atoms with van der Waals surface area (Å²) in [7, 11) is 0. The van der Waals surface area contributed by atoms with Gasteiger partial charge in [-0.15, -0.1) is 0 Å². The lowest BCUT2D eigenvalue weighted by Gasteiger charge is -2.32. The van der Waals surface area contributed by atoms with Crippen molar-refractivity contribution in [2.45, 2.75) is 24.5 Å². The Balaban J connectivity index is 1.68. The van der Waals surface area contributed by atoms with Gasteiger partial charge in [-0.25, -0.2) is 0 Å². The van der Waals surface area contributed by atoms with Crippen molar-refractivity contribution >= 4 is 23.8 Å². The summed E-state index contributed by atoms with van der Waals surface area (Å²) in [5, 5.41) is 20.9. The molecule has 0 amide bonds. The molecule has 6 heteroatoms. The molecule has 2 unspecified atom stereocenters. The first-order chi connectivity index (χ1) is 12.4. The average Bonchev–Trinajstić information content (AvgIpc) is 3.43. The summed E-state index contributed by atoms with van der Waals surface area (Å²) >= 11 is 0. The summed E-state index contributed by atoms with van der Waals surface area (Å²) in [6, 6.07) is 7.83. The maximum Gasteiger partial charge on any atom is 0.324 e. The van der Waals surface area contributed by atoms with Gasteiger partial charge in [0.25, 0.3) is 0 Å². The van der Waals surface area contributed by atoms with Gasteiger partial charge in [0.2, 0.25) is 0 Å². The van der Waals surface area contributed by atoms with Crippen LogP contribution in [0.1, 0.15) is 12.8 Å². The number of carboxylic acids is 2. The van der Waals surface area contributed by atoms with Gasteiger partial charge in [-0.05, 0) is 17.2 Å². The van der Waals surface area contributed by atoms with Crippen LogP contribution in [0.5, 0.6) is 0 Å². The van der Waals surface area contributed by atoms with E-state index >= 15 is 0 Å². The monoisotopic (exact) mass is 353 g/mol. The minimum absolute atomic E-state index is 0.0469. The number of allylic oxidation sites excluding steroid dienone is 2. The van der Waals surface area contributed by atoms with Crippen LogP contribution < -0.4 is 16.2 Å². The molecule has 0 bridgehead atoms. The van der Waals surface area contributed by atoms with Crippen LogP contribution in [-0.2, 0) is 14.3 Å². The normalized spacial score (nSPS) is 27.8. The molecule has 0 spiro atoms. The van der Waals surface area contributed by atoms with Crippen LogP contribution in [-0.4, -0.2) is 33.8 Å². The van der Waals surface area contributed by atoms with Crippen molar-refractivity contribution in [1.29, 1.82) is 0 Å². The predicted molar refractivity (Wildman–Crippen MR) is 94.1 cm³/mol. The van der Waals surface area contributed by atoms with E-state index in [0.29, 0.717) is 0 Å². The van der Waals surface area contributed by atoms with Crippen molar-refractivity contribution in [2.24, 2.45) is 17.6 Å². The average molecular weight is 353 g/mol. The van der Waals surface area contributed by atoms with Crippen LogP contribution in [0.3, 0.4) is 0 Å². The highest BCUT2D eigenvalue weighted by Crippen LogP contribution is 2.48. The second-order valence-corrected chi connectivity index (χ2v) is 7.09. The molecule has 6 nitrogen and oxygen atoms in total. The Bertz CT molecular complexity index is 976. The molecule has 134 valence electrons. The SMILES string of the molecule is NC(CC1=CC=CC2=c3ccccc3=COC12)(C(=O)O)[C@H]1C[C@@H]1C(=O)O. The molecule has 4 rings (SSSR count). The van der Waals surface area contributed by atoms with Crippen LogP contribution in [0.25, 0.3) is 11.8 Å². The van der Waals surface area contributed by atoms with Crippen molar-refractivity contribution in [3.8, 4) is 0 Å². The molecule has 0 saturated heterocycles. The molecular weight excluding hydrogens is 334 g/mol. The minimum atomic E-state index is -1.62. The highest BCUT2D eigenvalue weighted by Gasteiger charge is 2.58. The van der Waals surface area contributed by atoms with E-state index in [2.05, 4.69) is 0 Å². The molecule has 0 radical (unpaired) electrons. The van der Waals surface area contributed by atoms with Crippen molar-refractivity contribution in [1.82, 2.24) is 0 Å². The van der Waals surface area contributed by atoms with Crippen LogP contribution in [0, 0.1) is 11.8 Å². The molecule has 2 aliphatic carbocycles. The van der Waals surface area contributed by atoms with Gasteiger partial charge >= 0.3 is 11.9 Å². The fourth-order valence-electron chi connectivity index (χ4n) is 3.94. The molecule has 1 saturated carbocycles. The van der Waals surface area contributed by atoms with Crippen LogP contribution in [0.2, 0.25) is 0 Å². The summed E-state index contributed by atoms with van der Waals surface area (Å²) in [5.41, 5.74) is 6.30. The second kappa shape index (κ2) is 5.85. The summed E-state index contributed by atoms with van der Waals surface area (Å²) in [6.45, 7) is 0.